The van der Waals surface area contributed by atoms with E-state index in [9.17, 15) is 18.0 Å². The van der Waals surface area contributed by atoms with E-state index in [1.165, 1.54) is 41.3 Å². The number of amides is 2. The third-order valence-electron chi connectivity index (χ3n) is 5.89. The summed E-state index contributed by atoms with van der Waals surface area (Å²) in [6.45, 7) is 3.23. The molecule has 0 saturated heterocycles. The molecule has 0 spiro atoms. The van der Waals surface area contributed by atoms with Crippen LogP contribution >= 0.6 is 46.4 Å². The lowest BCUT2D eigenvalue weighted by Gasteiger charge is -2.33. The summed E-state index contributed by atoms with van der Waals surface area (Å²) in [6, 6.07) is 15.9. The monoisotopic (exact) mass is 629 g/mol. The van der Waals surface area contributed by atoms with Gasteiger partial charge in [0, 0.05) is 23.1 Å². The molecule has 0 fully saturated rings. The van der Waals surface area contributed by atoms with Crippen LogP contribution in [0.1, 0.15) is 25.8 Å². The van der Waals surface area contributed by atoms with Gasteiger partial charge in [-0.15, -0.1) is 0 Å². The molecule has 3 aromatic carbocycles. The highest BCUT2D eigenvalue weighted by atomic mass is 35.5. The smallest absolute Gasteiger partial charge is 0.264 e. The van der Waals surface area contributed by atoms with Gasteiger partial charge in [0.2, 0.25) is 11.8 Å². The van der Waals surface area contributed by atoms with Crippen LogP contribution in [-0.2, 0) is 26.2 Å². The molecule has 0 bridgehead atoms. The van der Waals surface area contributed by atoms with Crippen LogP contribution in [0.2, 0.25) is 20.1 Å². The van der Waals surface area contributed by atoms with Crippen LogP contribution in [0, 0.1) is 0 Å². The molecule has 0 saturated carbocycles. The number of hydrogen-bond donors (Lipinski definition) is 1. The number of nitrogens with one attached hydrogen (secondary N) is 1. The van der Waals surface area contributed by atoms with Crippen molar-refractivity contribution in [3.05, 3.63) is 92.4 Å². The van der Waals surface area contributed by atoms with Crippen molar-refractivity contribution in [2.75, 3.05) is 17.4 Å². The molecule has 208 valence electrons. The van der Waals surface area contributed by atoms with E-state index >= 15 is 0 Å². The average Bonchev–Trinajstić information content (AvgIpc) is 2.90. The Kier molecular flexibility index (Phi) is 10.9. The number of likely N-dealkylation sites (N-methyl/N-ethyl adjacent to an activating group) is 1. The number of anilines is 1. The lowest BCUT2D eigenvalue weighted by molar-refractivity contribution is -0.140. The SMILES string of the molecule is CCNC(=O)[C@H](CC)N(Cc1ccc(Cl)cc1Cl)C(=O)CN(c1ccc(Cl)c(Cl)c1)S(=O)(=O)c1ccccc1. The minimum atomic E-state index is -4.22. The number of carbonyl (C=O) groups is 2. The van der Waals surface area contributed by atoms with Gasteiger partial charge in [0.25, 0.3) is 10.0 Å². The van der Waals surface area contributed by atoms with E-state index in [4.69, 9.17) is 46.4 Å². The topological polar surface area (TPSA) is 86.8 Å². The summed E-state index contributed by atoms with van der Waals surface area (Å²) in [6.07, 6.45) is 0.279. The van der Waals surface area contributed by atoms with E-state index < -0.39 is 28.5 Å². The Hall–Kier alpha value is -2.49. The van der Waals surface area contributed by atoms with Crippen molar-refractivity contribution in [3.8, 4) is 0 Å². The average molecular weight is 631 g/mol. The van der Waals surface area contributed by atoms with Gasteiger partial charge in [-0.3, -0.25) is 13.9 Å². The third-order valence-corrected chi connectivity index (χ3v) is 9.01. The Balaban J connectivity index is 2.09. The Labute approximate surface area is 248 Å². The second-order valence-corrected chi connectivity index (χ2v) is 12.0. The van der Waals surface area contributed by atoms with E-state index in [-0.39, 0.29) is 39.5 Å². The normalized spacial score (nSPS) is 12.1. The van der Waals surface area contributed by atoms with Gasteiger partial charge >= 0.3 is 0 Å². The fourth-order valence-electron chi connectivity index (χ4n) is 3.93. The van der Waals surface area contributed by atoms with E-state index in [0.29, 0.717) is 22.2 Å². The summed E-state index contributed by atoms with van der Waals surface area (Å²) in [4.78, 5) is 28.2. The van der Waals surface area contributed by atoms with E-state index in [1.54, 1.807) is 44.2 Å². The summed E-state index contributed by atoms with van der Waals surface area (Å²) in [5, 5.41) is 3.81. The number of carbonyl (C=O) groups excluding carboxylic acids is 2. The molecule has 12 heteroatoms. The second-order valence-electron chi connectivity index (χ2n) is 8.50. The van der Waals surface area contributed by atoms with Gasteiger partial charge in [0.1, 0.15) is 12.6 Å². The van der Waals surface area contributed by atoms with Gasteiger partial charge in [-0.1, -0.05) is 77.6 Å². The third kappa shape index (κ3) is 7.58. The van der Waals surface area contributed by atoms with Crippen molar-refractivity contribution >= 4 is 73.9 Å². The Morgan fingerprint density at radius 1 is 0.872 bits per heavy atom. The maximum absolute atomic E-state index is 14.0. The quantitative estimate of drug-likeness (QED) is 0.264. The maximum atomic E-state index is 14.0. The molecule has 0 heterocycles. The van der Waals surface area contributed by atoms with Crippen molar-refractivity contribution in [3.63, 3.8) is 0 Å². The molecule has 0 aliphatic carbocycles. The maximum Gasteiger partial charge on any atom is 0.264 e. The molecule has 0 aliphatic rings. The molecule has 0 aromatic heterocycles. The van der Waals surface area contributed by atoms with Crippen LogP contribution in [0.25, 0.3) is 0 Å². The van der Waals surface area contributed by atoms with E-state index in [1.807, 2.05) is 0 Å². The van der Waals surface area contributed by atoms with Crippen LogP contribution in [0.5, 0.6) is 0 Å². The fourth-order valence-corrected chi connectivity index (χ4v) is 6.12. The van der Waals surface area contributed by atoms with Gasteiger partial charge in [-0.25, -0.2) is 8.42 Å². The minimum absolute atomic E-state index is 0.0214. The highest BCUT2D eigenvalue weighted by Gasteiger charge is 2.34. The van der Waals surface area contributed by atoms with Crippen molar-refractivity contribution < 1.29 is 18.0 Å². The first kappa shape index (κ1) is 31.0. The van der Waals surface area contributed by atoms with Crippen LogP contribution in [0.3, 0.4) is 0 Å². The zero-order chi connectivity index (χ0) is 28.7. The summed E-state index contributed by atoms with van der Waals surface area (Å²) in [5.74, 6) is -0.991. The molecule has 39 heavy (non-hydrogen) atoms. The second kappa shape index (κ2) is 13.7. The summed E-state index contributed by atoms with van der Waals surface area (Å²) in [7, 11) is -4.22. The van der Waals surface area contributed by atoms with Crippen LogP contribution < -0.4 is 9.62 Å². The molecule has 1 N–H and O–H groups in total. The van der Waals surface area contributed by atoms with Gasteiger partial charge < -0.3 is 10.2 Å². The van der Waals surface area contributed by atoms with Gasteiger partial charge in [0.05, 0.1) is 20.6 Å². The first-order valence-electron chi connectivity index (χ1n) is 12.0. The van der Waals surface area contributed by atoms with E-state index in [2.05, 4.69) is 5.32 Å². The number of hydrogen-bond acceptors (Lipinski definition) is 4. The Morgan fingerprint density at radius 2 is 1.56 bits per heavy atom. The number of rotatable bonds is 11. The zero-order valence-corrected chi connectivity index (χ0v) is 25.0. The summed E-state index contributed by atoms with van der Waals surface area (Å²) in [5.41, 5.74) is 0.682. The summed E-state index contributed by atoms with van der Waals surface area (Å²) >= 11 is 24.7. The molecule has 0 aliphatic heterocycles. The Bertz CT molecular complexity index is 1440. The standard InChI is InChI=1S/C27H27Cl4N3O4S/c1-3-25(27(36)32-4-2)33(16-18-10-11-19(28)14-23(18)30)26(35)17-34(20-12-13-22(29)24(31)15-20)39(37,38)21-8-6-5-7-9-21/h5-15,25H,3-4,16-17H2,1-2H3,(H,32,36)/t25-/m0/s1. The van der Waals surface area contributed by atoms with Gasteiger partial charge in [-0.05, 0) is 61.4 Å². The van der Waals surface area contributed by atoms with Crippen molar-refractivity contribution in [1.29, 1.82) is 0 Å². The van der Waals surface area contributed by atoms with Gasteiger partial charge in [0.15, 0.2) is 0 Å². The molecule has 1 atom stereocenters. The highest BCUT2D eigenvalue weighted by Crippen LogP contribution is 2.31. The van der Waals surface area contributed by atoms with Gasteiger partial charge in [-0.2, -0.15) is 0 Å². The van der Waals surface area contributed by atoms with Crippen LogP contribution in [-0.4, -0.2) is 44.3 Å². The van der Waals surface area contributed by atoms with Crippen molar-refractivity contribution in [2.24, 2.45) is 0 Å². The van der Waals surface area contributed by atoms with Crippen LogP contribution in [0.15, 0.2) is 71.6 Å². The van der Waals surface area contributed by atoms with E-state index in [0.717, 1.165) is 4.31 Å². The van der Waals surface area contributed by atoms with Crippen molar-refractivity contribution in [1.82, 2.24) is 10.2 Å². The molecular formula is C27H27Cl4N3O4S. The van der Waals surface area contributed by atoms with Crippen molar-refractivity contribution in [2.45, 2.75) is 37.8 Å². The first-order valence-corrected chi connectivity index (χ1v) is 15.0. The molecule has 3 rings (SSSR count). The lowest BCUT2D eigenvalue weighted by atomic mass is 10.1. The fraction of sp³-hybridized carbons (Fsp3) is 0.259. The zero-order valence-electron chi connectivity index (χ0n) is 21.2. The molecular weight excluding hydrogens is 604 g/mol. The number of nitrogens with zero attached hydrogens (tertiary/aromatic N) is 2. The first-order chi connectivity index (χ1) is 18.5. The summed E-state index contributed by atoms with van der Waals surface area (Å²) < 4.78 is 28.5. The number of benzene rings is 3. The predicted octanol–water partition coefficient (Wildman–Crippen LogP) is 6.44. The number of sulfonamides is 1. The molecule has 0 unspecified atom stereocenters. The molecule has 2 amide bonds. The number of halogens is 4. The predicted molar refractivity (Wildman–Crippen MR) is 157 cm³/mol. The highest BCUT2D eigenvalue weighted by molar-refractivity contribution is 7.92. The largest absolute Gasteiger partial charge is 0.355 e. The molecule has 7 nitrogen and oxygen atoms in total. The van der Waals surface area contributed by atoms with Crippen LogP contribution in [0.4, 0.5) is 5.69 Å². The molecule has 3 aromatic rings. The minimum Gasteiger partial charge on any atom is -0.355 e. The molecule has 0 radical (unpaired) electrons. The Morgan fingerprint density at radius 3 is 2.15 bits per heavy atom. The lowest BCUT2D eigenvalue weighted by Crippen LogP contribution is -2.52.